The van der Waals surface area contributed by atoms with E-state index in [1.807, 2.05) is 4.90 Å². The fraction of sp³-hybridized carbons (Fsp3) is 0.556. The molecule has 3 heterocycles. The molecule has 4 rings (SSSR count). The van der Waals surface area contributed by atoms with Crippen molar-refractivity contribution in [3.05, 3.63) is 23.8 Å². The third-order valence-electron chi connectivity index (χ3n) is 5.09. The summed E-state index contributed by atoms with van der Waals surface area (Å²) in [5, 5.41) is 0. The molecule has 1 aromatic carbocycles. The Bertz CT molecular complexity index is 654. The smallest absolute Gasteiger partial charge is 0.254 e. The lowest BCUT2D eigenvalue weighted by molar-refractivity contribution is -0.136. The van der Waals surface area contributed by atoms with E-state index < -0.39 is 0 Å². The predicted octanol–water partition coefficient (Wildman–Crippen LogP) is 2.03. The van der Waals surface area contributed by atoms with Gasteiger partial charge >= 0.3 is 0 Å². The van der Waals surface area contributed by atoms with Crippen molar-refractivity contribution >= 4 is 11.8 Å². The molecule has 1 aromatic rings. The molecule has 2 saturated heterocycles. The molecular formula is C18H22N2O4. The minimum atomic E-state index is -0.318. The number of carbonyl (C=O) groups is 2. The number of benzene rings is 1. The molecule has 0 unspecified atom stereocenters. The number of hydrogen-bond donors (Lipinski definition) is 0. The fourth-order valence-corrected chi connectivity index (χ4v) is 3.79. The highest BCUT2D eigenvalue weighted by Crippen LogP contribution is 2.33. The topological polar surface area (TPSA) is 59.1 Å². The lowest BCUT2D eigenvalue weighted by atomic mass is 10.1. The third kappa shape index (κ3) is 2.70. The number of piperidine rings is 1. The van der Waals surface area contributed by atoms with Gasteiger partial charge in [0.15, 0.2) is 11.5 Å². The maximum absolute atomic E-state index is 12.9. The van der Waals surface area contributed by atoms with Gasteiger partial charge in [0.25, 0.3) is 5.91 Å². The Morgan fingerprint density at radius 1 is 0.958 bits per heavy atom. The van der Waals surface area contributed by atoms with Crippen LogP contribution in [0.2, 0.25) is 0 Å². The monoisotopic (exact) mass is 330 g/mol. The number of nitrogens with zero attached hydrogens (tertiary/aromatic N) is 2. The largest absolute Gasteiger partial charge is 0.454 e. The van der Waals surface area contributed by atoms with Crippen LogP contribution in [0.15, 0.2) is 18.2 Å². The van der Waals surface area contributed by atoms with Gasteiger partial charge in [0.1, 0.15) is 6.04 Å². The zero-order valence-electron chi connectivity index (χ0n) is 13.7. The summed E-state index contributed by atoms with van der Waals surface area (Å²) in [5.74, 6) is 1.27. The van der Waals surface area contributed by atoms with E-state index in [-0.39, 0.29) is 24.6 Å². The summed E-state index contributed by atoms with van der Waals surface area (Å²) in [5.41, 5.74) is 0.553. The Kier molecular flexibility index (Phi) is 4.04. The van der Waals surface area contributed by atoms with Crippen LogP contribution in [0.25, 0.3) is 0 Å². The average molecular weight is 330 g/mol. The van der Waals surface area contributed by atoms with E-state index in [1.54, 1.807) is 23.1 Å². The van der Waals surface area contributed by atoms with Crippen LogP contribution in [0.3, 0.4) is 0 Å². The molecule has 3 aliphatic heterocycles. The van der Waals surface area contributed by atoms with Crippen LogP contribution in [-0.2, 0) is 4.79 Å². The van der Waals surface area contributed by atoms with Gasteiger partial charge in [-0.15, -0.1) is 0 Å². The first kappa shape index (κ1) is 15.3. The highest BCUT2D eigenvalue weighted by atomic mass is 16.7. The van der Waals surface area contributed by atoms with Crippen molar-refractivity contribution in [3.8, 4) is 11.5 Å². The maximum Gasteiger partial charge on any atom is 0.254 e. The Labute approximate surface area is 141 Å². The van der Waals surface area contributed by atoms with Crippen molar-refractivity contribution in [2.24, 2.45) is 0 Å². The standard InChI is InChI=1S/C18H22N2O4/c21-17(13-6-7-15-16(11-13)24-12-23-15)20-10-4-5-14(20)18(22)19-8-2-1-3-9-19/h6-7,11,14H,1-5,8-10,12H2/t14-/m0/s1. The summed E-state index contributed by atoms with van der Waals surface area (Å²) in [6, 6.07) is 4.90. The fourth-order valence-electron chi connectivity index (χ4n) is 3.79. The Morgan fingerprint density at radius 2 is 1.75 bits per heavy atom. The Morgan fingerprint density at radius 3 is 2.58 bits per heavy atom. The summed E-state index contributed by atoms with van der Waals surface area (Å²) < 4.78 is 10.6. The van der Waals surface area contributed by atoms with Crippen LogP contribution in [0.4, 0.5) is 0 Å². The third-order valence-corrected chi connectivity index (χ3v) is 5.09. The number of likely N-dealkylation sites (tertiary alicyclic amines) is 2. The molecule has 0 aliphatic carbocycles. The number of hydrogen-bond acceptors (Lipinski definition) is 4. The Balaban J connectivity index is 1.51. The molecule has 0 bridgehead atoms. The molecule has 2 amide bonds. The van der Waals surface area contributed by atoms with Gasteiger partial charge in [-0.2, -0.15) is 0 Å². The van der Waals surface area contributed by atoms with E-state index in [0.717, 1.165) is 38.8 Å². The molecule has 0 saturated carbocycles. The average Bonchev–Trinajstić information content (AvgIpc) is 3.29. The normalized spacial score (nSPS) is 22.8. The van der Waals surface area contributed by atoms with Gasteiger partial charge in [0, 0.05) is 25.2 Å². The molecule has 3 aliphatic rings. The molecule has 24 heavy (non-hydrogen) atoms. The van der Waals surface area contributed by atoms with Crippen molar-refractivity contribution in [3.63, 3.8) is 0 Å². The second kappa shape index (κ2) is 6.34. The molecule has 6 nitrogen and oxygen atoms in total. The molecule has 0 spiro atoms. The van der Waals surface area contributed by atoms with Crippen molar-refractivity contribution in [2.45, 2.75) is 38.1 Å². The summed E-state index contributed by atoms with van der Waals surface area (Å²) in [7, 11) is 0. The molecule has 0 radical (unpaired) electrons. The van der Waals surface area contributed by atoms with Gasteiger partial charge in [0.05, 0.1) is 0 Å². The zero-order valence-corrected chi connectivity index (χ0v) is 13.7. The van der Waals surface area contributed by atoms with Gasteiger partial charge in [-0.25, -0.2) is 0 Å². The van der Waals surface area contributed by atoms with Gasteiger partial charge in [-0.3, -0.25) is 9.59 Å². The maximum atomic E-state index is 12.9. The van der Waals surface area contributed by atoms with Crippen LogP contribution in [0.1, 0.15) is 42.5 Å². The highest BCUT2D eigenvalue weighted by Gasteiger charge is 2.37. The summed E-state index contributed by atoms with van der Waals surface area (Å²) in [4.78, 5) is 29.4. The van der Waals surface area contributed by atoms with Gasteiger partial charge < -0.3 is 19.3 Å². The molecular weight excluding hydrogens is 308 g/mol. The first-order valence-corrected chi connectivity index (χ1v) is 8.73. The van der Waals surface area contributed by atoms with Crippen LogP contribution in [-0.4, -0.2) is 54.1 Å². The molecule has 2 fully saturated rings. The Hall–Kier alpha value is -2.24. The number of carbonyl (C=O) groups excluding carboxylic acids is 2. The van der Waals surface area contributed by atoms with Crippen molar-refractivity contribution in [1.29, 1.82) is 0 Å². The highest BCUT2D eigenvalue weighted by molar-refractivity contribution is 5.98. The van der Waals surface area contributed by atoms with Crippen LogP contribution in [0, 0.1) is 0 Å². The van der Waals surface area contributed by atoms with Crippen LogP contribution in [0.5, 0.6) is 11.5 Å². The van der Waals surface area contributed by atoms with Crippen LogP contribution < -0.4 is 9.47 Å². The SMILES string of the molecule is O=C([C@@H]1CCCN1C(=O)c1ccc2c(c1)OCO2)N1CCCCC1. The van der Waals surface area contributed by atoms with E-state index in [4.69, 9.17) is 9.47 Å². The minimum Gasteiger partial charge on any atom is -0.454 e. The first-order chi connectivity index (χ1) is 11.7. The quantitative estimate of drug-likeness (QED) is 0.832. The second-order valence-electron chi connectivity index (χ2n) is 6.61. The first-order valence-electron chi connectivity index (χ1n) is 8.73. The molecule has 1 atom stereocenters. The number of amides is 2. The predicted molar refractivity (Wildman–Crippen MR) is 87.1 cm³/mol. The molecule has 6 heteroatoms. The summed E-state index contributed by atoms with van der Waals surface area (Å²) >= 11 is 0. The lowest BCUT2D eigenvalue weighted by Crippen LogP contribution is -2.49. The lowest BCUT2D eigenvalue weighted by Gasteiger charge is -2.32. The second-order valence-corrected chi connectivity index (χ2v) is 6.61. The summed E-state index contributed by atoms with van der Waals surface area (Å²) in [6.07, 6.45) is 4.95. The van der Waals surface area contributed by atoms with E-state index in [9.17, 15) is 9.59 Å². The number of fused-ring (bicyclic) bond motifs is 1. The summed E-state index contributed by atoms with van der Waals surface area (Å²) in [6.45, 7) is 2.47. The zero-order chi connectivity index (χ0) is 16.5. The van der Waals surface area contributed by atoms with Gasteiger partial charge in [0.2, 0.25) is 12.7 Å². The van der Waals surface area contributed by atoms with Gasteiger partial charge in [-0.1, -0.05) is 0 Å². The number of ether oxygens (including phenoxy) is 2. The van der Waals surface area contributed by atoms with Crippen molar-refractivity contribution in [1.82, 2.24) is 9.80 Å². The van der Waals surface area contributed by atoms with Crippen LogP contribution >= 0.6 is 0 Å². The molecule has 0 N–H and O–H groups in total. The molecule has 0 aromatic heterocycles. The van der Waals surface area contributed by atoms with E-state index in [0.29, 0.717) is 23.6 Å². The molecule has 128 valence electrons. The van der Waals surface area contributed by atoms with Gasteiger partial charge in [-0.05, 0) is 50.3 Å². The van der Waals surface area contributed by atoms with E-state index >= 15 is 0 Å². The number of rotatable bonds is 2. The minimum absolute atomic E-state index is 0.0961. The van der Waals surface area contributed by atoms with E-state index in [2.05, 4.69) is 0 Å². The van der Waals surface area contributed by atoms with Crippen molar-refractivity contribution in [2.75, 3.05) is 26.4 Å². The van der Waals surface area contributed by atoms with E-state index in [1.165, 1.54) is 6.42 Å². The van der Waals surface area contributed by atoms with Crippen molar-refractivity contribution < 1.29 is 19.1 Å².